The summed E-state index contributed by atoms with van der Waals surface area (Å²) < 4.78 is 5.64. The average Bonchev–Trinajstić information content (AvgIpc) is 2.75. The van der Waals surface area contributed by atoms with Crippen molar-refractivity contribution in [2.75, 3.05) is 19.4 Å². The highest BCUT2D eigenvalue weighted by Crippen LogP contribution is 2.57. The van der Waals surface area contributed by atoms with Crippen molar-refractivity contribution < 1.29 is 28.7 Å². The first-order chi connectivity index (χ1) is 12.9. The number of hydrogen-bond donors (Lipinski definition) is 0. The molecule has 0 atom stereocenters. The molecule has 0 aromatic heterocycles. The van der Waals surface area contributed by atoms with E-state index in [-0.39, 0.29) is 24.0 Å². The lowest BCUT2D eigenvalue weighted by Gasteiger charge is -2.32. The van der Waals surface area contributed by atoms with E-state index >= 15 is 0 Å². The fraction of sp³-hybridized carbons (Fsp3) is 0.250. The van der Waals surface area contributed by atoms with E-state index in [4.69, 9.17) is 4.74 Å². The van der Waals surface area contributed by atoms with Crippen molar-refractivity contribution in [3.63, 3.8) is 0 Å². The number of rotatable bonds is 5. The number of benzene rings is 3. The van der Waals surface area contributed by atoms with Crippen LogP contribution in [0.1, 0.15) is 12.8 Å². The van der Waals surface area contributed by atoms with Crippen LogP contribution in [-0.4, -0.2) is 19.4 Å². The molecule has 4 rings (SSSR count). The van der Waals surface area contributed by atoms with Gasteiger partial charge in [-0.3, -0.25) is 0 Å². The normalized spacial score (nSPS) is 15.1. The van der Waals surface area contributed by atoms with Crippen LogP contribution < -0.4 is 39.9 Å². The zero-order chi connectivity index (χ0) is 17.7. The van der Waals surface area contributed by atoms with Crippen molar-refractivity contribution in [1.29, 1.82) is 0 Å². The van der Waals surface area contributed by atoms with Crippen LogP contribution in [0.5, 0.6) is 0 Å². The molecule has 140 valence electrons. The molecule has 1 saturated heterocycles. The van der Waals surface area contributed by atoms with Gasteiger partial charge in [0.2, 0.25) is 0 Å². The SMILES string of the molecule is [I-].c1ccc([P+](CC2CCOCC2)(c2ccccc2)c2ccccc2)cc1. The highest BCUT2D eigenvalue weighted by Gasteiger charge is 2.46. The maximum Gasteiger partial charge on any atom is 0.112 e. The molecule has 1 heterocycles. The minimum absolute atomic E-state index is 0. The first-order valence-electron chi connectivity index (χ1n) is 9.52. The molecule has 3 aromatic rings. The second-order valence-corrected chi connectivity index (χ2v) is 10.6. The molecule has 1 nitrogen and oxygen atoms in total. The molecule has 0 bridgehead atoms. The van der Waals surface area contributed by atoms with E-state index in [1.807, 2.05) is 0 Å². The smallest absolute Gasteiger partial charge is 0.112 e. The Hall–Kier alpha value is -1.22. The third-order valence-electron chi connectivity index (χ3n) is 5.46. The Bertz CT molecular complexity index is 705. The van der Waals surface area contributed by atoms with E-state index in [1.54, 1.807) is 0 Å². The Morgan fingerprint density at radius 2 is 1.00 bits per heavy atom. The molecular formula is C24H26IOP. The molecule has 0 spiro atoms. The molecule has 3 heteroatoms. The van der Waals surface area contributed by atoms with Crippen molar-refractivity contribution in [3.05, 3.63) is 91.0 Å². The molecule has 0 saturated carbocycles. The lowest BCUT2D eigenvalue weighted by Crippen LogP contribution is -3.00. The Morgan fingerprint density at radius 1 is 0.630 bits per heavy atom. The minimum atomic E-state index is -1.68. The van der Waals surface area contributed by atoms with Gasteiger partial charge in [0.25, 0.3) is 0 Å². The zero-order valence-corrected chi connectivity index (χ0v) is 18.6. The number of halogens is 1. The average molecular weight is 488 g/mol. The van der Waals surface area contributed by atoms with Crippen molar-refractivity contribution in [1.82, 2.24) is 0 Å². The van der Waals surface area contributed by atoms with Crippen LogP contribution in [0, 0.1) is 5.92 Å². The number of hydrogen-bond acceptors (Lipinski definition) is 1. The highest BCUT2D eigenvalue weighted by atomic mass is 127. The molecular weight excluding hydrogens is 462 g/mol. The van der Waals surface area contributed by atoms with Crippen LogP contribution in [-0.2, 0) is 4.74 Å². The van der Waals surface area contributed by atoms with Crippen LogP contribution in [0.3, 0.4) is 0 Å². The van der Waals surface area contributed by atoms with Gasteiger partial charge in [-0.2, -0.15) is 0 Å². The molecule has 0 amide bonds. The fourth-order valence-corrected chi connectivity index (χ4v) is 8.84. The molecule has 1 aliphatic heterocycles. The van der Waals surface area contributed by atoms with E-state index in [0.717, 1.165) is 19.1 Å². The summed E-state index contributed by atoms with van der Waals surface area (Å²) in [7, 11) is -1.68. The Morgan fingerprint density at radius 3 is 1.37 bits per heavy atom. The van der Waals surface area contributed by atoms with Gasteiger partial charge < -0.3 is 28.7 Å². The van der Waals surface area contributed by atoms with Gasteiger partial charge in [-0.25, -0.2) is 0 Å². The van der Waals surface area contributed by atoms with Crippen molar-refractivity contribution in [2.45, 2.75) is 12.8 Å². The van der Waals surface area contributed by atoms with E-state index in [1.165, 1.54) is 34.9 Å². The van der Waals surface area contributed by atoms with Gasteiger partial charge in [0.1, 0.15) is 23.2 Å². The lowest BCUT2D eigenvalue weighted by atomic mass is 10.0. The third-order valence-corrected chi connectivity index (χ3v) is 10.1. The first-order valence-corrected chi connectivity index (χ1v) is 11.5. The van der Waals surface area contributed by atoms with Crippen molar-refractivity contribution in [2.24, 2.45) is 5.92 Å². The Balaban J connectivity index is 0.00000210. The number of ether oxygens (including phenoxy) is 1. The summed E-state index contributed by atoms with van der Waals surface area (Å²) in [4.78, 5) is 0. The predicted octanol–water partition coefficient (Wildman–Crippen LogP) is 1.41. The van der Waals surface area contributed by atoms with E-state index in [9.17, 15) is 0 Å². The molecule has 0 N–H and O–H groups in total. The molecule has 1 fully saturated rings. The molecule has 0 radical (unpaired) electrons. The van der Waals surface area contributed by atoms with Crippen LogP contribution in [0.25, 0.3) is 0 Å². The second kappa shape index (κ2) is 9.82. The van der Waals surface area contributed by atoms with Gasteiger partial charge in [-0.15, -0.1) is 0 Å². The quantitative estimate of drug-likeness (QED) is 0.390. The Kier molecular flexibility index (Phi) is 7.46. The van der Waals surface area contributed by atoms with Gasteiger partial charge in [-0.05, 0) is 55.2 Å². The van der Waals surface area contributed by atoms with Gasteiger partial charge in [0.05, 0.1) is 6.16 Å². The van der Waals surface area contributed by atoms with E-state index in [2.05, 4.69) is 91.0 Å². The summed E-state index contributed by atoms with van der Waals surface area (Å²) >= 11 is 0. The van der Waals surface area contributed by atoms with Crippen LogP contribution >= 0.6 is 7.26 Å². The standard InChI is InChI=1S/C24H26OP.HI/c1-4-10-22(11-5-1)26(23-12-6-2-7-13-23,24-14-8-3-9-15-24)20-21-16-18-25-19-17-21;/h1-15,21H,16-20H2;1H/q+1;/p-1. The molecule has 3 aromatic carbocycles. The maximum atomic E-state index is 5.64. The van der Waals surface area contributed by atoms with Crippen molar-refractivity contribution >= 4 is 23.2 Å². The molecule has 0 unspecified atom stereocenters. The topological polar surface area (TPSA) is 9.23 Å². The van der Waals surface area contributed by atoms with E-state index in [0.29, 0.717) is 0 Å². The summed E-state index contributed by atoms with van der Waals surface area (Å²) in [5.41, 5.74) is 0. The Labute approximate surface area is 180 Å². The largest absolute Gasteiger partial charge is 1.00 e. The molecule has 1 aliphatic rings. The maximum absolute atomic E-state index is 5.64. The highest BCUT2D eigenvalue weighted by molar-refractivity contribution is 7.95. The third kappa shape index (κ3) is 4.45. The van der Waals surface area contributed by atoms with Gasteiger partial charge in [0, 0.05) is 13.2 Å². The summed E-state index contributed by atoms with van der Waals surface area (Å²) in [6.07, 6.45) is 3.58. The summed E-state index contributed by atoms with van der Waals surface area (Å²) in [5, 5.41) is 4.47. The second-order valence-electron chi connectivity index (χ2n) is 7.05. The first kappa shape index (κ1) is 20.5. The van der Waals surface area contributed by atoms with Gasteiger partial charge in [-0.1, -0.05) is 54.6 Å². The van der Waals surface area contributed by atoms with Crippen molar-refractivity contribution in [3.8, 4) is 0 Å². The summed E-state index contributed by atoms with van der Waals surface area (Å²) in [5.74, 6) is 0.720. The lowest BCUT2D eigenvalue weighted by molar-refractivity contribution is -0.00000667. The van der Waals surface area contributed by atoms with Gasteiger partial charge >= 0.3 is 0 Å². The summed E-state index contributed by atoms with van der Waals surface area (Å²) in [6.45, 7) is 1.81. The fourth-order valence-electron chi connectivity index (χ4n) is 4.13. The minimum Gasteiger partial charge on any atom is -1.00 e. The molecule has 0 aliphatic carbocycles. The van der Waals surface area contributed by atoms with Gasteiger partial charge in [0.15, 0.2) is 0 Å². The van der Waals surface area contributed by atoms with Crippen LogP contribution in [0.2, 0.25) is 0 Å². The van der Waals surface area contributed by atoms with Crippen LogP contribution in [0.15, 0.2) is 91.0 Å². The van der Waals surface area contributed by atoms with E-state index < -0.39 is 7.26 Å². The monoisotopic (exact) mass is 488 g/mol. The zero-order valence-electron chi connectivity index (χ0n) is 15.5. The predicted molar refractivity (Wildman–Crippen MR) is 114 cm³/mol. The van der Waals surface area contributed by atoms with Crippen LogP contribution in [0.4, 0.5) is 0 Å². The summed E-state index contributed by atoms with van der Waals surface area (Å²) in [6, 6.07) is 33.6. The molecule has 27 heavy (non-hydrogen) atoms.